The van der Waals surface area contributed by atoms with Crippen molar-refractivity contribution >= 4 is 11.8 Å². The quantitative estimate of drug-likeness (QED) is 0.839. The van der Waals surface area contributed by atoms with Crippen LogP contribution in [0.3, 0.4) is 0 Å². The van der Waals surface area contributed by atoms with Crippen LogP contribution in [0.1, 0.15) is 32.9 Å². The first-order valence-corrected chi connectivity index (χ1v) is 7.37. The molecule has 0 aliphatic carbocycles. The SMILES string of the molecule is CN(C(=O)OC(C)(C)C)[C@H]1CCN(c2cccnc2C#N)C1. The van der Waals surface area contributed by atoms with Crippen LogP contribution in [0, 0.1) is 11.3 Å². The molecular weight excluding hydrogens is 280 g/mol. The second kappa shape index (κ2) is 6.22. The average Bonchev–Trinajstić information content (AvgIpc) is 2.94. The molecule has 1 aromatic heterocycles. The molecule has 1 aliphatic rings. The van der Waals surface area contributed by atoms with Crippen molar-refractivity contribution in [3.63, 3.8) is 0 Å². The molecule has 6 heteroatoms. The maximum Gasteiger partial charge on any atom is 0.410 e. The standard InChI is InChI=1S/C16H22N4O2/c1-16(2,3)22-15(21)19(4)12-7-9-20(11-12)14-6-5-8-18-13(14)10-17/h5-6,8,12H,7,9,11H2,1-4H3/t12-/m0/s1. The van der Waals surface area contributed by atoms with Crippen LogP contribution in [0.2, 0.25) is 0 Å². The zero-order valence-electron chi connectivity index (χ0n) is 13.5. The molecule has 1 atom stereocenters. The molecule has 118 valence electrons. The van der Waals surface area contributed by atoms with Gasteiger partial charge in [0.05, 0.1) is 11.7 Å². The Morgan fingerprint density at radius 3 is 2.91 bits per heavy atom. The Morgan fingerprint density at radius 1 is 1.55 bits per heavy atom. The van der Waals surface area contributed by atoms with Crippen molar-refractivity contribution in [2.75, 3.05) is 25.0 Å². The summed E-state index contributed by atoms with van der Waals surface area (Å²) < 4.78 is 5.40. The molecular formula is C16H22N4O2. The van der Waals surface area contributed by atoms with Crippen molar-refractivity contribution in [2.45, 2.75) is 38.8 Å². The number of rotatable bonds is 2. The highest BCUT2D eigenvalue weighted by atomic mass is 16.6. The van der Waals surface area contributed by atoms with E-state index in [0.717, 1.165) is 18.7 Å². The summed E-state index contributed by atoms with van der Waals surface area (Å²) in [5.74, 6) is 0. The molecule has 0 N–H and O–H groups in total. The van der Waals surface area contributed by atoms with Crippen LogP contribution in [0.25, 0.3) is 0 Å². The topological polar surface area (TPSA) is 69.5 Å². The number of hydrogen-bond donors (Lipinski definition) is 0. The van der Waals surface area contributed by atoms with E-state index in [1.165, 1.54) is 0 Å². The van der Waals surface area contributed by atoms with Gasteiger partial charge in [0.25, 0.3) is 0 Å². The van der Waals surface area contributed by atoms with E-state index in [0.29, 0.717) is 12.2 Å². The summed E-state index contributed by atoms with van der Waals surface area (Å²) in [5.41, 5.74) is 0.745. The molecule has 2 heterocycles. The molecule has 1 aromatic rings. The van der Waals surface area contributed by atoms with Gasteiger partial charge in [-0.3, -0.25) is 0 Å². The maximum absolute atomic E-state index is 12.1. The van der Waals surface area contributed by atoms with Gasteiger partial charge in [-0.1, -0.05) is 0 Å². The van der Waals surface area contributed by atoms with E-state index < -0.39 is 5.60 Å². The number of nitrogens with zero attached hydrogens (tertiary/aromatic N) is 4. The van der Waals surface area contributed by atoms with Gasteiger partial charge in [0.2, 0.25) is 0 Å². The zero-order chi connectivity index (χ0) is 16.3. The van der Waals surface area contributed by atoms with Crippen molar-refractivity contribution in [2.24, 2.45) is 0 Å². The first-order chi connectivity index (χ1) is 10.3. The summed E-state index contributed by atoms with van der Waals surface area (Å²) >= 11 is 0. The molecule has 1 saturated heterocycles. The van der Waals surface area contributed by atoms with Gasteiger partial charge in [0.15, 0.2) is 5.69 Å². The molecule has 0 aromatic carbocycles. The third kappa shape index (κ3) is 3.67. The Balaban J connectivity index is 2.04. The summed E-state index contributed by atoms with van der Waals surface area (Å²) in [6, 6.07) is 5.89. The second-order valence-electron chi connectivity index (χ2n) is 6.46. The van der Waals surface area contributed by atoms with Crippen LogP contribution in [0.4, 0.5) is 10.5 Å². The van der Waals surface area contributed by atoms with Crippen molar-refractivity contribution in [1.82, 2.24) is 9.88 Å². The van der Waals surface area contributed by atoms with Gasteiger partial charge in [-0.05, 0) is 39.3 Å². The molecule has 6 nitrogen and oxygen atoms in total. The van der Waals surface area contributed by atoms with E-state index in [-0.39, 0.29) is 12.1 Å². The third-order valence-corrected chi connectivity index (χ3v) is 3.63. The van der Waals surface area contributed by atoms with Crippen LogP contribution < -0.4 is 4.90 Å². The van der Waals surface area contributed by atoms with Gasteiger partial charge in [0, 0.05) is 26.3 Å². The second-order valence-corrected chi connectivity index (χ2v) is 6.46. The normalized spacial score (nSPS) is 18.0. The van der Waals surface area contributed by atoms with Crippen LogP contribution in [0.15, 0.2) is 18.3 Å². The highest BCUT2D eigenvalue weighted by Gasteiger charge is 2.31. The number of aromatic nitrogens is 1. The van der Waals surface area contributed by atoms with Crippen molar-refractivity contribution < 1.29 is 9.53 Å². The molecule has 0 bridgehead atoms. The molecule has 2 rings (SSSR count). The van der Waals surface area contributed by atoms with Gasteiger partial charge in [-0.15, -0.1) is 0 Å². The summed E-state index contributed by atoms with van der Waals surface area (Å²) in [4.78, 5) is 20.0. The molecule has 0 saturated carbocycles. The molecule has 1 aliphatic heterocycles. The number of amides is 1. The monoisotopic (exact) mass is 302 g/mol. The predicted octanol–water partition coefficient (Wildman–Crippen LogP) is 2.40. The smallest absolute Gasteiger partial charge is 0.410 e. The minimum atomic E-state index is -0.499. The van der Waals surface area contributed by atoms with E-state index in [4.69, 9.17) is 10.00 Å². The Kier molecular flexibility index (Phi) is 4.55. The van der Waals surface area contributed by atoms with Gasteiger partial charge in [-0.25, -0.2) is 9.78 Å². The fourth-order valence-electron chi connectivity index (χ4n) is 2.50. The maximum atomic E-state index is 12.1. The van der Waals surface area contributed by atoms with Gasteiger partial charge in [-0.2, -0.15) is 5.26 Å². The molecule has 0 radical (unpaired) electrons. The summed E-state index contributed by atoms with van der Waals surface area (Å²) in [5, 5.41) is 9.15. The Hall–Kier alpha value is -2.29. The Morgan fingerprint density at radius 2 is 2.27 bits per heavy atom. The number of likely N-dealkylation sites (N-methyl/N-ethyl adjacent to an activating group) is 1. The van der Waals surface area contributed by atoms with Gasteiger partial charge < -0.3 is 14.5 Å². The van der Waals surface area contributed by atoms with Crippen LogP contribution in [-0.2, 0) is 4.74 Å². The molecule has 0 spiro atoms. The largest absolute Gasteiger partial charge is 0.444 e. The lowest BCUT2D eigenvalue weighted by Gasteiger charge is -2.28. The van der Waals surface area contributed by atoms with Crippen molar-refractivity contribution in [3.05, 3.63) is 24.0 Å². The number of ether oxygens (including phenoxy) is 1. The number of pyridine rings is 1. The minimum absolute atomic E-state index is 0.0709. The van der Waals surface area contributed by atoms with Crippen molar-refractivity contribution in [3.8, 4) is 6.07 Å². The van der Waals surface area contributed by atoms with E-state index >= 15 is 0 Å². The number of nitriles is 1. The highest BCUT2D eigenvalue weighted by molar-refractivity contribution is 5.68. The van der Waals surface area contributed by atoms with E-state index in [2.05, 4.69) is 16.0 Å². The fraction of sp³-hybridized carbons (Fsp3) is 0.562. The lowest BCUT2D eigenvalue weighted by molar-refractivity contribution is 0.0238. The van der Waals surface area contributed by atoms with Crippen molar-refractivity contribution in [1.29, 1.82) is 5.26 Å². The summed E-state index contributed by atoms with van der Waals surface area (Å²) in [7, 11) is 1.76. The van der Waals surface area contributed by atoms with E-state index in [1.54, 1.807) is 18.1 Å². The Labute approximate surface area is 131 Å². The summed E-state index contributed by atoms with van der Waals surface area (Å²) in [6.07, 6.45) is 2.14. The zero-order valence-corrected chi connectivity index (χ0v) is 13.5. The van der Waals surface area contributed by atoms with Crippen LogP contribution >= 0.6 is 0 Å². The van der Waals surface area contributed by atoms with Crippen LogP contribution in [-0.4, -0.2) is 47.8 Å². The predicted molar refractivity (Wildman–Crippen MR) is 83.6 cm³/mol. The number of anilines is 1. The van der Waals surface area contributed by atoms with Crippen LogP contribution in [0.5, 0.6) is 0 Å². The molecule has 0 unspecified atom stereocenters. The summed E-state index contributed by atoms with van der Waals surface area (Å²) in [6.45, 7) is 7.03. The van der Waals surface area contributed by atoms with Gasteiger partial charge >= 0.3 is 6.09 Å². The number of hydrogen-bond acceptors (Lipinski definition) is 5. The fourth-order valence-corrected chi connectivity index (χ4v) is 2.50. The first-order valence-electron chi connectivity index (χ1n) is 7.37. The lowest BCUT2D eigenvalue weighted by Crippen LogP contribution is -2.42. The third-order valence-electron chi connectivity index (χ3n) is 3.63. The molecule has 1 amide bonds. The van der Waals surface area contributed by atoms with Gasteiger partial charge in [0.1, 0.15) is 11.7 Å². The minimum Gasteiger partial charge on any atom is -0.444 e. The number of carbonyl (C=O) groups excluding carboxylic acids is 1. The molecule has 1 fully saturated rings. The lowest BCUT2D eigenvalue weighted by atomic mass is 10.2. The highest BCUT2D eigenvalue weighted by Crippen LogP contribution is 2.25. The van der Waals surface area contributed by atoms with E-state index in [9.17, 15) is 4.79 Å². The average molecular weight is 302 g/mol. The van der Waals surface area contributed by atoms with E-state index in [1.807, 2.05) is 32.9 Å². The first kappa shape index (κ1) is 16.1. The number of carbonyl (C=O) groups is 1. The molecule has 22 heavy (non-hydrogen) atoms. The Bertz CT molecular complexity index is 589.